The highest BCUT2D eigenvalue weighted by molar-refractivity contribution is 6.22. The van der Waals surface area contributed by atoms with E-state index in [1.807, 2.05) is 0 Å². The molecule has 2 aromatic rings. The number of anilines is 1. The van der Waals surface area contributed by atoms with E-state index >= 15 is 0 Å². The van der Waals surface area contributed by atoms with E-state index in [2.05, 4.69) is 0 Å². The van der Waals surface area contributed by atoms with Gasteiger partial charge in [-0.2, -0.15) is 0 Å². The number of benzene rings is 2. The highest BCUT2D eigenvalue weighted by Gasteiger charge is 2.61. The molecule has 33 heavy (non-hydrogen) atoms. The Kier molecular flexibility index (Phi) is 5.03. The number of nitrogens with zero attached hydrogens (tertiary/aromatic N) is 2. The van der Waals surface area contributed by atoms with Crippen LogP contribution in [0.2, 0.25) is 0 Å². The lowest BCUT2D eigenvalue weighted by atomic mass is 9.81. The van der Waals surface area contributed by atoms with Crippen LogP contribution >= 0.6 is 0 Å². The van der Waals surface area contributed by atoms with Crippen molar-refractivity contribution in [3.05, 3.63) is 69.8 Å². The number of ketones is 1. The van der Waals surface area contributed by atoms with Crippen molar-refractivity contribution in [1.29, 1.82) is 0 Å². The van der Waals surface area contributed by atoms with E-state index in [-0.39, 0.29) is 40.5 Å². The third kappa shape index (κ3) is 3.49. The zero-order valence-corrected chi connectivity index (χ0v) is 17.5. The van der Waals surface area contributed by atoms with Crippen LogP contribution in [0.3, 0.4) is 0 Å². The smallest absolute Gasteiger partial charge is 0.338 e. The summed E-state index contributed by atoms with van der Waals surface area (Å²) in [6, 6.07) is 11.0. The second-order valence-electron chi connectivity index (χ2n) is 8.75. The molecule has 0 unspecified atom stereocenters. The first-order chi connectivity index (χ1) is 15.8. The van der Waals surface area contributed by atoms with Gasteiger partial charge in [-0.25, -0.2) is 4.79 Å². The van der Waals surface area contributed by atoms with Crippen LogP contribution in [0.1, 0.15) is 40.0 Å². The Morgan fingerprint density at radius 1 is 0.909 bits per heavy atom. The van der Waals surface area contributed by atoms with Crippen LogP contribution in [0.5, 0.6) is 0 Å². The van der Waals surface area contributed by atoms with Gasteiger partial charge < -0.3 is 4.74 Å². The van der Waals surface area contributed by atoms with Crippen LogP contribution < -0.4 is 4.90 Å². The van der Waals surface area contributed by atoms with Gasteiger partial charge in [0.2, 0.25) is 11.8 Å². The number of hydrogen-bond donors (Lipinski definition) is 0. The van der Waals surface area contributed by atoms with Gasteiger partial charge in [-0.3, -0.25) is 29.4 Å². The molecule has 3 fully saturated rings. The molecule has 0 spiro atoms. The van der Waals surface area contributed by atoms with Gasteiger partial charge >= 0.3 is 5.97 Å². The molecule has 2 saturated carbocycles. The van der Waals surface area contributed by atoms with Crippen molar-refractivity contribution in [3.8, 4) is 0 Å². The molecule has 4 atom stereocenters. The molecule has 9 heteroatoms. The molecule has 168 valence electrons. The molecule has 0 radical (unpaired) electrons. The maximum absolute atomic E-state index is 12.9. The Bertz CT molecular complexity index is 1140. The number of hydrogen-bond acceptors (Lipinski definition) is 7. The number of amides is 2. The molecule has 2 amide bonds. The van der Waals surface area contributed by atoms with Crippen molar-refractivity contribution in [2.75, 3.05) is 11.5 Å². The van der Waals surface area contributed by atoms with Crippen LogP contribution in [0.25, 0.3) is 0 Å². The van der Waals surface area contributed by atoms with E-state index in [0.717, 1.165) is 19.3 Å². The molecule has 9 nitrogen and oxygen atoms in total. The molecular weight excluding hydrogens is 428 g/mol. The van der Waals surface area contributed by atoms with Crippen molar-refractivity contribution in [3.63, 3.8) is 0 Å². The fourth-order valence-electron chi connectivity index (χ4n) is 5.48. The summed E-state index contributed by atoms with van der Waals surface area (Å²) in [4.78, 5) is 61.7. The molecule has 0 N–H and O–H groups in total. The van der Waals surface area contributed by atoms with Crippen molar-refractivity contribution in [2.24, 2.45) is 23.7 Å². The predicted molar refractivity (Wildman–Crippen MR) is 114 cm³/mol. The summed E-state index contributed by atoms with van der Waals surface area (Å²) in [5, 5.41) is 10.7. The van der Waals surface area contributed by atoms with Crippen LogP contribution in [-0.4, -0.2) is 35.1 Å². The summed E-state index contributed by atoms with van der Waals surface area (Å²) >= 11 is 0. The van der Waals surface area contributed by atoms with Gasteiger partial charge in [0.25, 0.3) is 5.69 Å². The topological polar surface area (TPSA) is 124 Å². The van der Waals surface area contributed by atoms with Gasteiger partial charge in [0.1, 0.15) is 0 Å². The van der Waals surface area contributed by atoms with Gasteiger partial charge in [-0.15, -0.1) is 0 Å². The number of imide groups is 1. The average molecular weight is 448 g/mol. The van der Waals surface area contributed by atoms with Crippen molar-refractivity contribution < 1.29 is 28.8 Å². The number of rotatable bonds is 6. The molecule has 2 bridgehead atoms. The Balaban J connectivity index is 1.22. The largest absolute Gasteiger partial charge is 0.454 e. The summed E-state index contributed by atoms with van der Waals surface area (Å²) < 4.78 is 5.06. The number of esters is 1. The number of nitro groups is 1. The van der Waals surface area contributed by atoms with Gasteiger partial charge in [0.15, 0.2) is 12.4 Å². The number of ether oxygens (including phenoxy) is 1. The molecule has 2 aromatic carbocycles. The summed E-state index contributed by atoms with van der Waals surface area (Å²) in [6.07, 6.45) is 2.97. The van der Waals surface area contributed by atoms with Crippen molar-refractivity contribution >= 4 is 34.9 Å². The third-order valence-electron chi connectivity index (χ3n) is 7.02. The van der Waals surface area contributed by atoms with Gasteiger partial charge in [0.05, 0.1) is 28.0 Å². The molecule has 3 aliphatic rings. The minimum absolute atomic E-state index is 0.144. The van der Waals surface area contributed by atoms with E-state index < -0.39 is 23.3 Å². The maximum Gasteiger partial charge on any atom is 0.338 e. The minimum atomic E-state index is -0.731. The first-order valence-electron chi connectivity index (χ1n) is 10.8. The zero-order valence-electron chi connectivity index (χ0n) is 17.5. The number of non-ortho nitro benzene ring substituents is 1. The average Bonchev–Trinajstić information content (AvgIpc) is 3.51. The van der Waals surface area contributed by atoms with Crippen LogP contribution in [0, 0.1) is 33.8 Å². The first-order valence-corrected chi connectivity index (χ1v) is 10.8. The van der Waals surface area contributed by atoms with E-state index in [4.69, 9.17) is 4.74 Å². The molecule has 2 aliphatic carbocycles. The van der Waals surface area contributed by atoms with E-state index in [1.54, 1.807) is 0 Å². The van der Waals surface area contributed by atoms with Crippen molar-refractivity contribution in [2.45, 2.75) is 19.3 Å². The normalized spacial score (nSPS) is 25.3. The summed E-state index contributed by atoms with van der Waals surface area (Å²) in [5.41, 5.74) is 0.649. The Morgan fingerprint density at radius 3 is 2.00 bits per heavy atom. The molecular formula is C24H20N2O7. The number of fused-ring (bicyclic) bond motifs is 5. The SMILES string of the molecule is O=C(COC(=O)c1ccc(N2C(=O)[C@@H]3[C@H]4CC[C@@H](C4)[C@@H]3C2=O)cc1)c1ccc([N+](=O)[O-])cc1. The Hall–Kier alpha value is -3.88. The van der Waals surface area contributed by atoms with Crippen LogP contribution in [-0.2, 0) is 14.3 Å². The lowest BCUT2D eigenvalue weighted by Crippen LogP contribution is -2.32. The second kappa shape index (κ2) is 7.91. The Morgan fingerprint density at radius 2 is 1.45 bits per heavy atom. The summed E-state index contributed by atoms with van der Waals surface area (Å²) in [6.45, 7) is -0.520. The van der Waals surface area contributed by atoms with Gasteiger partial charge in [0, 0.05) is 17.7 Å². The number of nitro benzene ring substituents is 1. The monoisotopic (exact) mass is 448 g/mol. The Labute approximate surface area is 188 Å². The quantitative estimate of drug-likeness (QED) is 0.219. The fraction of sp³-hybridized carbons (Fsp3) is 0.333. The van der Waals surface area contributed by atoms with Gasteiger partial charge in [-0.05, 0) is 67.5 Å². The lowest BCUT2D eigenvalue weighted by molar-refractivity contribution is -0.384. The van der Waals surface area contributed by atoms with E-state index in [1.165, 1.54) is 53.4 Å². The third-order valence-corrected chi connectivity index (χ3v) is 7.02. The van der Waals surface area contributed by atoms with E-state index in [0.29, 0.717) is 17.5 Å². The first kappa shape index (κ1) is 21.0. The van der Waals surface area contributed by atoms with Crippen molar-refractivity contribution in [1.82, 2.24) is 0 Å². The zero-order chi connectivity index (χ0) is 23.3. The van der Waals surface area contributed by atoms with Crippen LogP contribution in [0.4, 0.5) is 11.4 Å². The second-order valence-corrected chi connectivity index (χ2v) is 8.75. The molecule has 0 aromatic heterocycles. The highest BCUT2D eigenvalue weighted by Crippen LogP contribution is 2.56. The highest BCUT2D eigenvalue weighted by atomic mass is 16.6. The standard InChI is InChI=1S/C24H20N2O7/c27-19(13-3-9-18(10-4-13)26(31)32)12-33-24(30)14-5-7-17(8-6-14)25-22(28)20-15-1-2-16(11-15)21(20)23(25)29/h3-10,15-16,20-21H,1-2,11-12H2/t15-,16-,20-,21+/m0/s1. The molecule has 1 saturated heterocycles. The maximum atomic E-state index is 12.9. The number of Topliss-reactive ketones (excluding diaryl/α,β-unsaturated/α-hetero) is 1. The molecule has 1 aliphatic heterocycles. The molecule has 5 rings (SSSR count). The fourth-order valence-corrected chi connectivity index (χ4v) is 5.48. The number of carbonyl (C=O) groups excluding carboxylic acids is 4. The molecule has 1 heterocycles. The van der Waals surface area contributed by atoms with Crippen LogP contribution in [0.15, 0.2) is 48.5 Å². The minimum Gasteiger partial charge on any atom is -0.454 e. The van der Waals surface area contributed by atoms with Gasteiger partial charge in [-0.1, -0.05) is 0 Å². The predicted octanol–water partition coefficient (Wildman–Crippen LogP) is 3.17. The number of carbonyl (C=O) groups is 4. The summed E-state index contributed by atoms with van der Waals surface area (Å²) in [7, 11) is 0. The summed E-state index contributed by atoms with van der Waals surface area (Å²) in [5.74, 6) is -1.37. The van der Waals surface area contributed by atoms with E-state index in [9.17, 15) is 29.3 Å². The lowest BCUT2D eigenvalue weighted by Gasteiger charge is -2.19.